The summed E-state index contributed by atoms with van der Waals surface area (Å²) in [5.41, 5.74) is 3.16. The zero-order chi connectivity index (χ0) is 26.0. The summed E-state index contributed by atoms with van der Waals surface area (Å²) in [5, 5.41) is 0.559. The van der Waals surface area contributed by atoms with Gasteiger partial charge in [0.2, 0.25) is 0 Å². The van der Waals surface area contributed by atoms with Crippen LogP contribution in [0.5, 0.6) is 5.75 Å². The largest absolute Gasteiger partial charge is 0.530 e. The molecule has 0 bridgehead atoms. The minimum absolute atomic E-state index is 0.174. The predicted molar refractivity (Wildman–Crippen MR) is 146 cm³/mol. The summed E-state index contributed by atoms with van der Waals surface area (Å²) < 4.78 is 29.6. The summed E-state index contributed by atoms with van der Waals surface area (Å²) in [6.45, 7) is 8.15. The van der Waals surface area contributed by atoms with Gasteiger partial charge < -0.3 is 9.51 Å². The highest BCUT2D eigenvalue weighted by atomic mass is 31.2. The molecule has 0 atom stereocenters. The molecule has 0 unspecified atom stereocenters. The molecule has 0 aliphatic rings. The lowest BCUT2D eigenvalue weighted by Crippen LogP contribution is -2.11. The van der Waals surface area contributed by atoms with E-state index in [1.54, 1.807) is 19.9 Å². The molecule has 2 aromatic carbocycles. The van der Waals surface area contributed by atoms with Crippen LogP contribution in [0, 0.1) is 0 Å². The number of H-pyrrole nitrogens is 1. The van der Waals surface area contributed by atoms with Gasteiger partial charge in [-0.1, -0.05) is 51.7 Å². The van der Waals surface area contributed by atoms with Gasteiger partial charge in [0.1, 0.15) is 11.6 Å². The van der Waals surface area contributed by atoms with Crippen molar-refractivity contribution in [1.29, 1.82) is 0 Å². The fraction of sp³-hybridized carbons (Fsp3) is 0.500. The minimum atomic E-state index is -3.83. The number of unbranched alkanes of at least 4 members (excludes halogenated alkanes) is 4. The van der Waals surface area contributed by atoms with E-state index in [4.69, 9.17) is 18.6 Å². The summed E-state index contributed by atoms with van der Waals surface area (Å²) in [6, 6.07) is 11.5. The molecule has 1 heterocycles. The van der Waals surface area contributed by atoms with Gasteiger partial charge in [-0.05, 0) is 74.9 Å². The second-order valence-electron chi connectivity index (χ2n) is 8.88. The van der Waals surface area contributed by atoms with Crippen LogP contribution in [0.15, 0.2) is 41.2 Å². The van der Waals surface area contributed by atoms with E-state index in [2.05, 4.69) is 18.8 Å². The molecule has 0 saturated carbocycles. The van der Waals surface area contributed by atoms with E-state index in [0.29, 0.717) is 22.3 Å². The van der Waals surface area contributed by atoms with E-state index < -0.39 is 7.82 Å². The van der Waals surface area contributed by atoms with Crippen LogP contribution in [-0.2, 0) is 26.5 Å². The van der Waals surface area contributed by atoms with Gasteiger partial charge in [0.25, 0.3) is 5.56 Å². The van der Waals surface area contributed by atoms with Crippen molar-refractivity contribution < 1.29 is 18.1 Å². The number of hydrogen-bond acceptors (Lipinski definition) is 6. The van der Waals surface area contributed by atoms with Gasteiger partial charge in [0, 0.05) is 0 Å². The Morgan fingerprint density at radius 3 is 2.06 bits per heavy atom. The van der Waals surface area contributed by atoms with Crippen LogP contribution >= 0.6 is 7.82 Å². The molecule has 0 spiro atoms. The third kappa shape index (κ3) is 7.52. The molecule has 0 saturated heterocycles. The average molecular weight is 515 g/mol. The number of benzene rings is 2. The molecule has 1 N–H and O–H groups in total. The summed E-state index contributed by atoms with van der Waals surface area (Å²) >= 11 is 0. The van der Waals surface area contributed by atoms with E-state index in [-0.39, 0.29) is 24.5 Å². The zero-order valence-corrected chi connectivity index (χ0v) is 22.9. The first kappa shape index (κ1) is 28.1. The molecule has 0 aliphatic carbocycles. The SMILES string of the molecule is CCCCCc1ccc(OP(=O)(OCC)OCC)c(-c2nc3ccc(CCCCC)cc3c(=O)[nH]2)c1. The predicted octanol–water partition coefficient (Wildman–Crippen LogP) is 7.62. The van der Waals surface area contributed by atoms with Crippen molar-refractivity contribution in [2.45, 2.75) is 79.1 Å². The van der Waals surface area contributed by atoms with Crippen molar-refractivity contribution in [2.75, 3.05) is 13.2 Å². The van der Waals surface area contributed by atoms with Gasteiger partial charge in [-0.15, -0.1) is 0 Å². The smallest absolute Gasteiger partial charge is 0.403 e. The van der Waals surface area contributed by atoms with Crippen molar-refractivity contribution in [1.82, 2.24) is 9.97 Å². The fourth-order valence-corrected chi connectivity index (χ4v) is 5.36. The summed E-state index contributed by atoms with van der Waals surface area (Å²) in [4.78, 5) is 20.8. The number of aromatic amines is 1. The molecule has 36 heavy (non-hydrogen) atoms. The third-order valence-corrected chi connectivity index (χ3v) is 7.56. The summed E-state index contributed by atoms with van der Waals surface area (Å²) in [7, 11) is -3.83. The number of nitrogens with zero attached hydrogens (tertiary/aromatic N) is 1. The second-order valence-corrected chi connectivity index (χ2v) is 10.5. The van der Waals surface area contributed by atoms with Crippen molar-refractivity contribution in [3.63, 3.8) is 0 Å². The van der Waals surface area contributed by atoms with E-state index in [0.717, 1.165) is 62.5 Å². The number of phosphoric acid groups is 1. The average Bonchev–Trinajstić information content (AvgIpc) is 2.85. The van der Waals surface area contributed by atoms with Crippen LogP contribution in [0.2, 0.25) is 0 Å². The maximum Gasteiger partial charge on any atom is 0.530 e. The number of phosphoric ester groups is 1. The van der Waals surface area contributed by atoms with Gasteiger partial charge in [-0.25, -0.2) is 9.55 Å². The number of fused-ring (bicyclic) bond motifs is 1. The molecule has 1 aromatic heterocycles. The molecule has 0 aliphatic heterocycles. The Balaban J connectivity index is 2.04. The quantitative estimate of drug-likeness (QED) is 0.166. The van der Waals surface area contributed by atoms with Crippen molar-refractivity contribution in [3.05, 3.63) is 57.9 Å². The molecule has 8 heteroatoms. The number of hydrogen-bond donors (Lipinski definition) is 1. The van der Waals surface area contributed by atoms with Crippen LogP contribution in [-0.4, -0.2) is 23.2 Å². The molecule has 0 fully saturated rings. The number of aryl methyl sites for hydroxylation is 2. The van der Waals surface area contributed by atoms with Crippen LogP contribution < -0.4 is 10.1 Å². The van der Waals surface area contributed by atoms with Gasteiger partial charge >= 0.3 is 7.82 Å². The Hall–Kier alpha value is -2.47. The van der Waals surface area contributed by atoms with Gasteiger partial charge in [-0.3, -0.25) is 13.8 Å². The van der Waals surface area contributed by atoms with E-state index in [1.807, 2.05) is 30.3 Å². The number of rotatable bonds is 15. The maximum atomic E-state index is 13.1. The summed E-state index contributed by atoms with van der Waals surface area (Å²) in [6.07, 6.45) is 8.53. The third-order valence-electron chi connectivity index (χ3n) is 5.99. The van der Waals surface area contributed by atoms with Crippen molar-refractivity contribution >= 4 is 18.7 Å². The molecule has 0 amide bonds. The first-order valence-corrected chi connectivity index (χ1v) is 14.6. The lowest BCUT2D eigenvalue weighted by atomic mass is 10.0. The lowest BCUT2D eigenvalue weighted by Gasteiger charge is -2.19. The molecular formula is C28H39N2O5P. The topological polar surface area (TPSA) is 90.5 Å². The zero-order valence-electron chi connectivity index (χ0n) is 22.0. The van der Waals surface area contributed by atoms with E-state index >= 15 is 0 Å². The van der Waals surface area contributed by atoms with Crippen molar-refractivity contribution in [3.8, 4) is 17.1 Å². The van der Waals surface area contributed by atoms with Crippen LogP contribution in [0.3, 0.4) is 0 Å². The Morgan fingerprint density at radius 1 is 0.833 bits per heavy atom. The first-order valence-electron chi connectivity index (χ1n) is 13.2. The normalized spacial score (nSPS) is 11.8. The highest BCUT2D eigenvalue weighted by Gasteiger charge is 2.29. The monoisotopic (exact) mass is 514 g/mol. The van der Waals surface area contributed by atoms with Crippen LogP contribution in [0.1, 0.15) is 77.3 Å². The summed E-state index contributed by atoms with van der Waals surface area (Å²) in [5.74, 6) is 0.649. The molecule has 7 nitrogen and oxygen atoms in total. The molecule has 196 valence electrons. The molecular weight excluding hydrogens is 475 g/mol. The molecule has 0 radical (unpaired) electrons. The Bertz CT molecular complexity index is 1230. The Kier molecular flexibility index (Phi) is 10.7. The standard InChI is InChI=1S/C28H39N2O5P/c1-5-9-11-13-21-15-17-25-23(19-21)28(31)30-27(29-25)24-20-22(14-12-10-6-2)16-18-26(24)35-36(32,33-7-3)34-8-4/h15-20H,5-14H2,1-4H3,(H,29,30,31). The van der Waals surface area contributed by atoms with Gasteiger partial charge in [0.15, 0.2) is 0 Å². The highest BCUT2D eigenvalue weighted by molar-refractivity contribution is 7.48. The Morgan fingerprint density at radius 2 is 1.44 bits per heavy atom. The lowest BCUT2D eigenvalue weighted by molar-refractivity contribution is 0.167. The van der Waals surface area contributed by atoms with Gasteiger partial charge in [0.05, 0.1) is 29.7 Å². The van der Waals surface area contributed by atoms with Crippen LogP contribution in [0.4, 0.5) is 0 Å². The first-order chi connectivity index (χ1) is 17.4. The Labute approximate surface area is 214 Å². The fourth-order valence-electron chi connectivity index (χ4n) is 4.15. The number of aromatic nitrogens is 2. The second kappa shape index (κ2) is 13.7. The maximum absolute atomic E-state index is 13.1. The molecule has 3 aromatic rings. The van der Waals surface area contributed by atoms with Crippen molar-refractivity contribution in [2.24, 2.45) is 0 Å². The minimum Gasteiger partial charge on any atom is -0.403 e. The highest BCUT2D eigenvalue weighted by Crippen LogP contribution is 2.51. The number of nitrogens with one attached hydrogen (secondary N) is 1. The molecule has 3 rings (SSSR count). The van der Waals surface area contributed by atoms with E-state index in [9.17, 15) is 9.36 Å². The van der Waals surface area contributed by atoms with Crippen LogP contribution in [0.25, 0.3) is 22.3 Å². The van der Waals surface area contributed by atoms with E-state index in [1.165, 1.54) is 0 Å². The van der Waals surface area contributed by atoms with Gasteiger partial charge in [-0.2, -0.15) is 0 Å².